The van der Waals surface area contributed by atoms with Gasteiger partial charge in [0, 0.05) is 17.8 Å². The van der Waals surface area contributed by atoms with E-state index < -0.39 is 0 Å². The summed E-state index contributed by atoms with van der Waals surface area (Å²) in [6.45, 7) is 0. The van der Waals surface area contributed by atoms with Crippen LogP contribution in [0, 0.1) is 5.82 Å². The molecule has 1 aliphatic rings. The number of hydrogen-bond donors (Lipinski definition) is 2. The van der Waals surface area contributed by atoms with E-state index >= 15 is 0 Å². The molecule has 2 aromatic rings. The van der Waals surface area contributed by atoms with Crippen LogP contribution in [-0.4, -0.2) is 12.1 Å². The number of nitrogens with two attached hydrogens (primary N) is 1. The molecule has 2 unspecified atom stereocenters. The van der Waals surface area contributed by atoms with Crippen molar-refractivity contribution in [2.45, 2.75) is 24.8 Å². The van der Waals surface area contributed by atoms with Crippen molar-refractivity contribution in [3.8, 4) is 5.75 Å². The van der Waals surface area contributed by atoms with Crippen LogP contribution < -0.4 is 16.0 Å². The fourth-order valence-electron chi connectivity index (χ4n) is 3.08. The van der Waals surface area contributed by atoms with Crippen LogP contribution >= 0.6 is 0 Å². The number of hydrazine groups is 1. The topological polar surface area (TPSA) is 60.2 Å². The lowest BCUT2D eigenvalue weighted by Crippen LogP contribution is -2.32. The van der Waals surface area contributed by atoms with Crippen molar-refractivity contribution in [3.63, 3.8) is 0 Å². The molecule has 0 amide bonds. The van der Waals surface area contributed by atoms with Crippen LogP contribution in [0.4, 0.5) is 4.39 Å². The fraction of sp³-hybridized carbons (Fsp3) is 0.312. The Morgan fingerprint density at radius 3 is 3.05 bits per heavy atom. The SMILES string of the molecule is COc1cc(C(NN)C2CCc3cccnc32)ccc1F. The molecule has 1 aromatic heterocycles. The van der Waals surface area contributed by atoms with Crippen LogP contribution in [0.2, 0.25) is 0 Å². The van der Waals surface area contributed by atoms with Gasteiger partial charge in [0.15, 0.2) is 11.6 Å². The zero-order chi connectivity index (χ0) is 14.8. The molecule has 110 valence electrons. The molecule has 21 heavy (non-hydrogen) atoms. The van der Waals surface area contributed by atoms with Gasteiger partial charge in [-0.3, -0.25) is 16.3 Å². The van der Waals surface area contributed by atoms with Gasteiger partial charge in [-0.2, -0.15) is 0 Å². The van der Waals surface area contributed by atoms with E-state index in [0.29, 0.717) is 0 Å². The molecule has 1 aliphatic carbocycles. The maximum absolute atomic E-state index is 13.6. The fourth-order valence-corrected chi connectivity index (χ4v) is 3.08. The number of ether oxygens (including phenoxy) is 1. The van der Waals surface area contributed by atoms with E-state index in [0.717, 1.165) is 24.1 Å². The molecule has 4 nitrogen and oxygen atoms in total. The van der Waals surface area contributed by atoms with Gasteiger partial charge in [0.2, 0.25) is 0 Å². The van der Waals surface area contributed by atoms with E-state index in [1.807, 2.05) is 6.07 Å². The molecule has 0 saturated carbocycles. The lowest BCUT2D eigenvalue weighted by atomic mass is 9.91. The second-order valence-corrected chi connectivity index (χ2v) is 5.23. The summed E-state index contributed by atoms with van der Waals surface area (Å²) in [5.41, 5.74) is 6.09. The molecule has 0 radical (unpaired) electrons. The molecule has 0 aliphatic heterocycles. The van der Waals surface area contributed by atoms with Gasteiger partial charge < -0.3 is 4.74 Å². The van der Waals surface area contributed by atoms with E-state index in [1.165, 1.54) is 18.7 Å². The second kappa shape index (κ2) is 5.79. The number of nitrogens with one attached hydrogen (secondary N) is 1. The number of pyridine rings is 1. The van der Waals surface area contributed by atoms with Crippen molar-refractivity contribution in [3.05, 3.63) is 59.2 Å². The minimum absolute atomic E-state index is 0.115. The molecular weight excluding hydrogens is 269 g/mol. The summed E-state index contributed by atoms with van der Waals surface area (Å²) in [5.74, 6) is 5.80. The molecule has 0 saturated heterocycles. The summed E-state index contributed by atoms with van der Waals surface area (Å²) in [7, 11) is 1.46. The van der Waals surface area contributed by atoms with Gasteiger partial charge >= 0.3 is 0 Å². The molecule has 0 spiro atoms. The summed E-state index contributed by atoms with van der Waals surface area (Å²) in [6, 6.07) is 8.78. The summed E-state index contributed by atoms with van der Waals surface area (Å²) in [4.78, 5) is 4.49. The first kappa shape index (κ1) is 14.0. The summed E-state index contributed by atoms with van der Waals surface area (Å²) in [6.07, 6.45) is 3.77. The highest BCUT2D eigenvalue weighted by Crippen LogP contribution is 2.40. The van der Waals surface area contributed by atoms with Crippen LogP contribution in [0.1, 0.15) is 35.2 Å². The van der Waals surface area contributed by atoms with Crippen molar-refractivity contribution in [2.24, 2.45) is 5.84 Å². The second-order valence-electron chi connectivity index (χ2n) is 5.23. The van der Waals surface area contributed by atoms with Crippen LogP contribution in [0.25, 0.3) is 0 Å². The van der Waals surface area contributed by atoms with E-state index in [1.54, 1.807) is 18.3 Å². The van der Waals surface area contributed by atoms with Crippen molar-refractivity contribution in [1.82, 2.24) is 10.4 Å². The lowest BCUT2D eigenvalue weighted by molar-refractivity contribution is 0.382. The number of aromatic nitrogens is 1. The minimum atomic E-state index is -0.373. The molecule has 3 rings (SSSR count). The van der Waals surface area contributed by atoms with Gasteiger partial charge in [-0.1, -0.05) is 12.1 Å². The summed E-state index contributed by atoms with van der Waals surface area (Å²) >= 11 is 0. The van der Waals surface area contributed by atoms with Crippen molar-refractivity contribution in [2.75, 3.05) is 7.11 Å². The number of fused-ring (bicyclic) bond motifs is 1. The zero-order valence-corrected chi connectivity index (χ0v) is 11.8. The highest BCUT2D eigenvalue weighted by atomic mass is 19.1. The smallest absolute Gasteiger partial charge is 0.165 e. The summed E-state index contributed by atoms with van der Waals surface area (Å²) in [5, 5.41) is 0. The third kappa shape index (κ3) is 2.50. The first-order valence-corrected chi connectivity index (χ1v) is 6.98. The van der Waals surface area contributed by atoms with E-state index in [-0.39, 0.29) is 23.5 Å². The Balaban J connectivity index is 1.96. The van der Waals surface area contributed by atoms with Crippen LogP contribution in [0.5, 0.6) is 5.75 Å². The minimum Gasteiger partial charge on any atom is -0.494 e. The van der Waals surface area contributed by atoms with Gasteiger partial charge in [-0.05, 0) is 42.2 Å². The lowest BCUT2D eigenvalue weighted by Gasteiger charge is -2.24. The molecular formula is C16H18FN3O. The van der Waals surface area contributed by atoms with E-state index in [9.17, 15) is 4.39 Å². The number of aryl methyl sites for hydroxylation is 1. The third-order valence-electron chi connectivity index (χ3n) is 4.12. The predicted molar refractivity (Wildman–Crippen MR) is 78.3 cm³/mol. The van der Waals surface area contributed by atoms with Crippen molar-refractivity contribution < 1.29 is 9.13 Å². The normalized spacial score (nSPS) is 18.3. The quantitative estimate of drug-likeness (QED) is 0.670. The highest BCUT2D eigenvalue weighted by Gasteiger charge is 2.31. The number of methoxy groups -OCH3 is 1. The average molecular weight is 287 g/mol. The Kier molecular flexibility index (Phi) is 3.86. The molecule has 1 heterocycles. The van der Waals surface area contributed by atoms with Gasteiger partial charge in [0.1, 0.15) is 0 Å². The monoisotopic (exact) mass is 287 g/mol. The van der Waals surface area contributed by atoms with Gasteiger partial charge in [-0.15, -0.1) is 0 Å². The third-order valence-corrected chi connectivity index (χ3v) is 4.12. The largest absolute Gasteiger partial charge is 0.494 e. The zero-order valence-electron chi connectivity index (χ0n) is 11.8. The Morgan fingerprint density at radius 1 is 1.43 bits per heavy atom. The highest BCUT2D eigenvalue weighted by molar-refractivity contribution is 5.37. The molecule has 2 atom stereocenters. The number of halogens is 1. The molecule has 5 heteroatoms. The van der Waals surface area contributed by atoms with Crippen molar-refractivity contribution >= 4 is 0 Å². The number of hydrogen-bond acceptors (Lipinski definition) is 4. The Labute approximate surface area is 123 Å². The predicted octanol–water partition coefficient (Wildman–Crippen LogP) is 2.46. The van der Waals surface area contributed by atoms with Crippen LogP contribution in [-0.2, 0) is 6.42 Å². The standard InChI is InChI=1S/C16H18FN3O/c1-21-14-9-11(5-7-13(14)17)16(20-18)12-6-4-10-3-2-8-19-15(10)12/h2-3,5,7-9,12,16,20H,4,6,18H2,1H3. The van der Waals surface area contributed by atoms with Crippen LogP contribution in [0.15, 0.2) is 36.5 Å². The molecule has 0 fully saturated rings. The van der Waals surface area contributed by atoms with Gasteiger partial charge in [0.05, 0.1) is 13.2 Å². The molecule has 1 aromatic carbocycles. The van der Waals surface area contributed by atoms with E-state index in [2.05, 4.69) is 16.5 Å². The van der Waals surface area contributed by atoms with Crippen LogP contribution in [0.3, 0.4) is 0 Å². The summed E-state index contributed by atoms with van der Waals surface area (Å²) < 4.78 is 18.6. The maximum atomic E-state index is 13.6. The first-order valence-electron chi connectivity index (χ1n) is 6.98. The number of rotatable bonds is 4. The number of nitrogens with zero attached hydrogens (tertiary/aromatic N) is 1. The first-order chi connectivity index (χ1) is 10.2. The van der Waals surface area contributed by atoms with Gasteiger partial charge in [-0.25, -0.2) is 4.39 Å². The Hall–Kier alpha value is -1.98. The molecule has 0 bridgehead atoms. The van der Waals surface area contributed by atoms with Crippen molar-refractivity contribution in [1.29, 1.82) is 0 Å². The average Bonchev–Trinajstić information content (AvgIpc) is 2.94. The Morgan fingerprint density at radius 2 is 2.29 bits per heavy atom. The van der Waals surface area contributed by atoms with Gasteiger partial charge in [0.25, 0.3) is 0 Å². The Bertz CT molecular complexity index is 647. The van der Waals surface area contributed by atoms with E-state index in [4.69, 9.17) is 10.6 Å². The maximum Gasteiger partial charge on any atom is 0.165 e. The molecule has 3 N–H and O–H groups in total. The number of benzene rings is 1.